The molecule has 1 rings (SSSR count). The predicted octanol–water partition coefficient (Wildman–Crippen LogP) is 2.48. The van der Waals surface area contributed by atoms with E-state index in [4.69, 9.17) is 0 Å². The van der Waals surface area contributed by atoms with E-state index in [0.29, 0.717) is 13.0 Å². The van der Waals surface area contributed by atoms with Crippen molar-refractivity contribution < 1.29 is 9.90 Å². The zero-order chi connectivity index (χ0) is 14.4. The number of carbonyl (C=O) groups excluding carboxylic acids is 1. The van der Waals surface area contributed by atoms with Crippen LogP contribution < -0.4 is 5.32 Å². The van der Waals surface area contributed by atoms with Gasteiger partial charge in [0.05, 0.1) is 17.8 Å². The molecular weight excluding hydrogens is 308 g/mol. The second-order valence-electron chi connectivity index (χ2n) is 4.76. The molecule has 1 amide bonds. The summed E-state index contributed by atoms with van der Waals surface area (Å²) in [6, 6.07) is 7.27. The lowest BCUT2D eigenvalue weighted by Gasteiger charge is -2.24. The fraction of sp³-hybridized carbons (Fsp3) is 0.500. The third-order valence-electron chi connectivity index (χ3n) is 3.07. The molecule has 19 heavy (non-hydrogen) atoms. The molecule has 0 saturated heterocycles. The summed E-state index contributed by atoms with van der Waals surface area (Å²) < 4.78 is 0.863. The third kappa shape index (κ3) is 5.30. The first kappa shape index (κ1) is 16.1. The Morgan fingerprint density at radius 1 is 1.42 bits per heavy atom. The van der Waals surface area contributed by atoms with Gasteiger partial charge < -0.3 is 10.4 Å². The molecule has 0 saturated carbocycles. The number of hydrogen-bond acceptors (Lipinski definition) is 3. The summed E-state index contributed by atoms with van der Waals surface area (Å²) in [6.07, 6.45) is 0.310. The molecule has 0 bridgehead atoms. The minimum atomic E-state index is -0.346. The van der Waals surface area contributed by atoms with Crippen molar-refractivity contribution in [3.05, 3.63) is 28.7 Å². The molecular formula is C14H21BrN2O2. The highest BCUT2D eigenvalue weighted by Gasteiger charge is 2.18. The Bertz CT molecular complexity index is 424. The standard InChI is InChI=1S/C14H21BrN2O2/c1-10(18)8-9-17(3)11(2)14(19)16-13-7-5-4-6-12(13)15/h4-7,10-11,18H,8-9H2,1-3H3,(H,16,19). The third-order valence-corrected chi connectivity index (χ3v) is 3.76. The van der Waals surface area contributed by atoms with E-state index in [0.717, 1.165) is 10.2 Å². The molecule has 0 fully saturated rings. The number of anilines is 1. The number of para-hydroxylation sites is 1. The van der Waals surface area contributed by atoms with E-state index < -0.39 is 0 Å². The molecule has 0 aliphatic carbocycles. The van der Waals surface area contributed by atoms with Crippen molar-refractivity contribution >= 4 is 27.5 Å². The fourth-order valence-electron chi connectivity index (χ4n) is 1.58. The Morgan fingerprint density at radius 2 is 2.05 bits per heavy atom. The van der Waals surface area contributed by atoms with Crippen molar-refractivity contribution in [2.45, 2.75) is 32.4 Å². The number of carbonyl (C=O) groups is 1. The van der Waals surface area contributed by atoms with Crippen LogP contribution >= 0.6 is 15.9 Å². The number of amides is 1. The van der Waals surface area contributed by atoms with Gasteiger partial charge in [-0.3, -0.25) is 9.69 Å². The van der Waals surface area contributed by atoms with Crippen molar-refractivity contribution in [2.75, 3.05) is 18.9 Å². The zero-order valence-corrected chi connectivity index (χ0v) is 13.1. The van der Waals surface area contributed by atoms with Crippen LogP contribution in [0.1, 0.15) is 20.3 Å². The molecule has 2 atom stereocenters. The highest BCUT2D eigenvalue weighted by Crippen LogP contribution is 2.21. The summed E-state index contributed by atoms with van der Waals surface area (Å²) in [5.41, 5.74) is 0.767. The van der Waals surface area contributed by atoms with Crippen molar-refractivity contribution in [2.24, 2.45) is 0 Å². The summed E-state index contributed by atoms with van der Waals surface area (Å²) in [6.45, 7) is 4.29. The van der Waals surface area contributed by atoms with Crippen LogP contribution in [-0.4, -0.2) is 41.7 Å². The molecule has 0 spiro atoms. The molecule has 0 aliphatic heterocycles. The van der Waals surface area contributed by atoms with Gasteiger partial charge in [-0.05, 0) is 55.4 Å². The van der Waals surface area contributed by atoms with Crippen LogP contribution in [0.15, 0.2) is 28.7 Å². The first-order chi connectivity index (χ1) is 8.91. The fourth-order valence-corrected chi connectivity index (χ4v) is 1.97. The Kier molecular flexibility index (Phi) is 6.48. The molecule has 1 aromatic carbocycles. The van der Waals surface area contributed by atoms with Gasteiger partial charge in [0.2, 0.25) is 5.91 Å². The predicted molar refractivity (Wildman–Crippen MR) is 81.2 cm³/mol. The van der Waals surface area contributed by atoms with Crippen LogP contribution in [0, 0.1) is 0 Å². The smallest absolute Gasteiger partial charge is 0.241 e. The van der Waals surface area contributed by atoms with Crippen LogP contribution in [0.5, 0.6) is 0 Å². The lowest BCUT2D eigenvalue weighted by Crippen LogP contribution is -2.40. The van der Waals surface area contributed by atoms with Crippen molar-refractivity contribution in [3.63, 3.8) is 0 Å². The molecule has 2 N–H and O–H groups in total. The SMILES string of the molecule is CC(O)CCN(C)C(C)C(=O)Nc1ccccc1Br. The van der Waals surface area contributed by atoms with E-state index in [2.05, 4.69) is 21.2 Å². The number of halogens is 1. The van der Waals surface area contributed by atoms with Gasteiger partial charge in [0.25, 0.3) is 0 Å². The molecule has 0 heterocycles. The Labute approximate surface area is 122 Å². The zero-order valence-electron chi connectivity index (χ0n) is 11.6. The largest absolute Gasteiger partial charge is 0.393 e. The second-order valence-corrected chi connectivity index (χ2v) is 5.62. The summed E-state index contributed by atoms with van der Waals surface area (Å²) in [7, 11) is 1.88. The molecule has 0 aliphatic rings. The number of benzene rings is 1. The van der Waals surface area contributed by atoms with Crippen LogP contribution in [0.2, 0.25) is 0 Å². The van der Waals surface area contributed by atoms with Crippen LogP contribution in [0.25, 0.3) is 0 Å². The topological polar surface area (TPSA) is 52.6 Å². The Hall–Kier alpha value is -0.910. The van der Waals surface area contributed by atoms with Gasteiger partial charge >= 0.3 is 0 Å². The summed E-state index contributed by atoms with van der Waals surface area (Å²) >= 11 is 3.40. The van der Waals surface area contributed by atoms with Crippen molar-refractivity contribution in [3.8, 4) is 0 Å². The first-order valence-electron chi connectivity index (χ1n) is 6.35. The number of rotatable bonds is 6. The van der Waals surface area contributed by atoms with E-state index in [-0.39, 0.29) is 18.1 Å². The Morgan fingerprint density at radius 3 is 2.63 bits per heavy atom. The summed E-state index contributed by atoms with van der Waals surface area (Å²) in [4.78, 5) is 14.0. The average molecular weight is 329 g/mol. The van der Waals surface area contributed by atoms with Gasteiger partial charge in [-0.25, -0.2) is 0 Å². The van der Waals surface area contributed by atoms with Crippen LogP contribution in [-0.2, 0) is 4.79 Å². The summed E-state index contributed by atoms with van der Waals surface area (Å²) in [5.74, 6) is -0.0556. The molecule has 1 aromatic rings. The molecule has 106 valence electrons. The molecule has 2 unspecified atom stereocenters. The van der Waals surface area contributed by atoms with Gasteiger partial charge in [0.1, 0.15) is 0 Å². The maximum absolute atomic E-state index is 12.1. The number of aliphatic hydroxyl groups is 1. The van der Waals surface area contributed by atoms with E-state index >= 15 is 0 Å². The minimum Gasteiger partial charge on any atom is -0.393 e. The van der Waals surface area contributed by atoms with E-state index in [1.54, 1.807) is 6.92 Å². The number of aliphatic hydroxyl groups excluding tert-OH is 1. The lowest BCUT2D eigenvalue weighted by molar-refractivity contribution is -0.120. The summed E-state index contributed by atoms with van der Waals surface area (Å²) in [5, 5.41) is 12.1. The lowest BCUT2D eigenvalue weighted by atomic mass is 10.2. The molecule has 0 radical (unpaired) electrons. The number of nitrogens with one attached hydrogen (secondary N) is 1. The van der Waals surface area contributed by atoms with Gasteiger partial charge in [-0.1, -0.05) is 12.1 Å². The molecule has 0 aromatic heterocycles. The number of likely N-dealkylation sites (N-methyl/N-ethyl adjacent to an activating group) is 1. The van der Waals surface area contributed by atoms with E-state index in [1.165, 1.54) is 0 Å². The minimum absolute atomic E-state index is 0.0556. The van der Waals surface area contributed by atoms with Gasteiger partial charge in [0, 0.05) is 11.0 Å². The normalized spacial score (nSPS) is 14.2. The maximum Gasteiger partial charge on any atom is 0.241 e. The number of hydrogen-bond donors (Lipinski definition) is 2. The van der Waals surface area contributed by atoms with E-state index in [9.17, 15) is 9.90 Å². The Balaban J connectivity index is 2.55. The first-order valence-corrected chi connectivity index (χ1v) is 7.14. The molecule has 5 heteroatoms. The maximum atomic E-state index is 12.1. The van der Waals surface area contributed by atoms with Gasteiger partial charge in [-0.2, -0.15) is 0 Å². The van der Waals surface area contributed by atoms with Gasteiger partial charge in [0.15, 0.2) is 0 Å². The van der Waals surface area contributed by atoms with Crippen LogP contribution in [0.4, 0.5) is 5.69 Å². The quantitative estimate of drug-likeness (QED) is 0.843. The highest BCUT2D eigenvalue weighted by atomic mass is 79.9. The van der Waals surface area contributed by atoms with Crippen molar-refractivity contribution in [1.82, 2.24) is 4.90 Å². The van der Waals surface area contributed by atoms with Gasteiger partial charge in [-0.15, -0.1) is 0 Å². The second kappa shape index (κ2) is 7.62. The molecule has 4 nitrogen and oxygen atoms in total. The average Bonchev–Trinajstić information content (AvgIpc) is 2.37. The monoisotopic (exact) mass is 328 g/mol. The highest BCUT2D eigenvalue weighted by molar-refractivity contribution is 9.10. The number of nitrogens with zero attached hydrogens (tertiary/aromatic N) is 1. The van der Waals surface area contributed by atoms with Crippen molar-refractivity contribution in [1.29, 1.82) is 0 Å². The van der Waals surface area contributed by atoms with Crippen LogP contribution in [0.3, 0.4) is 0 Å². The van der Waals surface area contributed by atoms with E-state index in [1.807, 2.05) is 43.1 Å².